The van der Waals surface area contributed by atoms with Gasteiger partial charge in [0.1, 0.15) is 0 Å². The number of nitrogens with one attached hydrogen (secondary N) is 1. The highest BCUT2D eigenvalue weighted by molar-refractivity contribution is 8.00. The molecule has 3 aromatic rings. The summed E-state index contributed by atoms with van der Waals surface area (Å²) in [5, 5.41) is 14.7. The number of fused-ring (bicyclic) bond motifs is 3. The summed E-state index contributed by atoms with van der Waals surface area (Å²) >= 11 is 1.57. The molecule has 3 aromatic carbocycles. The van der Waals surface area contributed by atoms with Crippen molar-refractivity contribution in [2.45, 2.75) is 5.25 Å². The molecule has 0 saturated carbocycles. The van der Waals surface area contributed by atoms with Gasteiger partial charge < -0.3 is 0 Å². The zero-order chi connectivity index (χ0) is 20.2. The summed E-state index contributed by atoms with van der Waals surface area (Å²) in [6.07, 6.45) is 1.46. The summed E-state index contributed by atoms with van der Waals surface area (Å²) in [5.41, 5.74) is 8.08. The minimum Gasteiger partial charge on any atom is -0.272 e. The highest BCUT2D eigenvalue weighted by Crippen LogP contribution is 2.49. The van der Waals surface area contributed by atoms with Crippen molar-refractivity contribution in [1.82, 2.24) is 5.43 Å². The van der Waals surface area contributed by atoms with Crippen LogP contribution in [-0.2, 0) is 4.79 Å². The van der Waals surface area contributed by atoms with Crippen molar-refractivity contribution >= 4 is 29.6 Å². The van der Waals surface area contributed by atoms with Crippen molar-refractivity contribution in [3.05, 3.63) is 99.6 Å². The molecule has 4 rings (SSSR count). The van der Waals surface area contributed by atoms with Crippen molar-refractivity contribution in [2.24, 2.45) is 5.10 Å². The van der Waals surface area contributed by atoms with Crippen molar-refractivity contribution < 1.29 is 9.72 Å². The van der Waals surface area contributed by atoms with E-state index in [2.05, 4.69) is 34.8 Å². The molecule has 1 N–H and O–H groups in total. The smallest absolute Gasteiger partial charge is 0.269 e. The van der Waals surface area contributed by atoms with Gasteiger partial charge in [0, 0.05) is 12.1 Å². The Labute approximate surface area is 171 Å². The van der Waals surface area contributed by atoms with Gasteiger partial charge in [0.2, 0.25) is 5.91 Å². The second-order valence-corrected chi connectivity index (χ2v) is 7.60. The van der Waals surface area contributed by atoms with Gasteiger partial charge in [0.05, 0.1) is 22.1 Å². The van der Waals surface area contributed by atoms with Gasteiger partial charge in [-0.3, -0.25) is 14.9 Å². The maximum atomic E-state index is 12.2. The number of rotatable bonds is 6. The summed E-state index contributed by atoms with van der Waals surface area (Å²) in [6.45, 7) is 0. The van der Waals surface area contributed by atoms with Gasteiger partial charge in [-0.1, -0.05) is 48.5 Å². The Morgan fingerprint density at radius 2 is 1.59 bits per heavy atom. The van der Waals surface area contributed by atoms with Crippen molar-refractivity contribution in [3.8, 4) is 11.1 Å². The van der Waals surface area contributed by atoms with Gasteiger partial charge in [-0.2, -0.15) is 5.10 Å². The number of non-ortho nitro benzene ring substituents is 1. The fraction of sp³-hybridized carbons (Fsp3) is 0.0909. The summed E-state index contributed by atoms with van der Waals surface area (Å²) in [5.74, 6) is 0.0697. The molecule has 0 atom stereocenters. The molecule has 144 valence electrons. The monoisotopic (exact) mass is 403 g/mol. The quantitative estimate of drug-likeness (QED) is 0.372. The fourth-order valence-electron chi connectivity index (χ4n) is 3.34. The molecular weight excluding hydrogens is 386 g/mol. The summed E-state index contributed by atoms with van der Waals surface area (Å²) in [4.78, 5) is 22.4. The molecule has 0 bridgehead atoms. The minimum atomic E-state index is -0.459. The molecule has 7 heteroatoms. The lowest BCUT2D eigenvalue weighted by atomic mass is 10.1. The van der Waals surface area contributed by atoms with Gasteiger partial charge in [0.25, 0.3) is 5.69 Å². The first-order chi connectivity index (χ1) is 14.1. The minimum absolute atomic E-state index is 0.0136. The van der Waals surface area contributed by atoms with Crippen LogP contribution in [0.3, 0.4) is 0 Å². The van der Waals surface area contributed by atoms with Crippen LogP contribution in [-0.4, -0.2) is 22.8 Å². The van der Waals surface area contributed by atoms with Crippen LogP contribution < -0.4 is 5.43 Å². The highest BCUT2D eigenvalue weighted by atomic mass is 32.2. The average molecular weight is 403 g/mol. The predicted octanol–water partition coefficient (Wildman–Crippen LogP) is 4.55. The Kier molecular flexibility index (Phi) is 5.39. The maximum Gasteiger partial charge on any atom is 0.269 e. The largest absolute Gasteiger partial charge is 0.272 e. The van der Waals surface area contributed by atoms with Gasteiger partial charge in [-0.05, 0) is 39.9 Å². The molecule has 0 aromatic heterocycles. The van der Waals surface area contributed by atoms with E-state index in [0.29, 0.717) is 5.56 Å². The number of hydrazone groups is 1. The van der Waals surface area contributed by atoms with E-state index in [-0.39, 0.29) is 22.6 Å². The molecule has 0 heterocycles. The van der Waals surface area contributed by atoms with Crippen LogP contribution in [0.5, 0.6) is 0 Å². The third-order valence-electron chi connectivity index (χ3n) is 4.66. The third kappa shape index (κ3) is 4.05. The number of hydrogen-bond acceptors (Lipinski definition) is 5. The third-order valence-corrected chi connectivity index (χ3v) is 5.93. The Morgan fingerprint density at radius 1 is 1.00 bits per heavy atom. The Bertz CT molecular complexity index is 1050. The lowest BCUT2D eigenvalue weighted by Gasteiger charge is -2.12. The van der Waals surface area contributed by atoms with Crippen LogP contribution in [0.1, 0.15) is 21.9 Å². The fourth-order valence-corrected chi connectivity index (χ4v) is 4.49. The van der Waals surface area contributed by atoms with E-state index in [1.54, 1.807) is 23.9 Å². The molecular formula is C22H17N3O3S. The SMILES string of the molecule is O=C(CSC1c2ccccc2-c2ccccc21)N/N=C/c1ccc([N+](=O)[O-])cc1. The molecule has 1 aliphatic carbocycles. The Morgan fingerprint density at radius 3 is 2.17 bits per heavy atom. The molecule has 1 aliphatic rings. The molecule has 0 saturated heterocycles. The van der Waals surface area contributed by atoms with E-state index < -0.39 is 4.92 Å². The molecule has 0 unspecified atom stereocenters. The van der Waals surface area contributed by atoms with Crippen molar-refractivity contribution in [3.63, 3.8) is 0 Å². The molecule has 0 fully saturated rings. The number of nitrogens with zero attached hydrogens (tertiary/aromatic N) is 2. The van der Waals surface area contributed by atoms with E-state index in [4.69, 9.17) is 0 Å². The number of nitro groups is 1. The van der Waals surface area contributed by atoms with E-state index in [1.165, 1.54) is 40.6 Å². The zero-order valence-electron chi connectivity index (χ0n) is 15.3. The molecule has 6 nitrogen and oxygen atoms in total. The first-order valence-corrected chi connectivity index (χ1v) is 10.0. The summed E-state index contributed by atoms with van der Waals surface area (Å²) in [7, 11) is 0. The number of thioether (sulfide) groups is 1. The molecule has 0 radical (unpaired) electrons. The van der Waals surface area contributed by atoms with E-state index in [9.17, 15) is 14.9 Å². The van der Waals surface area contributed by atoms with Crippen LogP contribution in [0.4, 0.5) is 5.69 Å². The van der Waals surface area contributed by atoms with Gasteiger partial charge in [-0.25, -0.2) is 5.43 Å². The lowest BCUT2D eigenvalue weighted by molar-refractivity contribution is -0.384. The average Bonchev–Trinajstić information content (AvgIpc) is 3.06. The van der Waals surface area contributed by atoms with E-state index >= 15 is 0 Å². The van der Waals surface area contributed by atoms with E-state index in [1.807, 2.05) is 24.3 Å². The number of benzene rings is 3. The second kappa shape index (κ2) is 8.28. The summed E-state index contributed by atoms with van der Waals surface area (Å²) < 4.78 is 0. The maximum absolute atomic E-state index is 12.2. The number of amides is 1. The molecule has 0 spiro atoms. The molecule has 1 amide bonds. The summed E-state index contributed by atoms with van der Waals surface area (Å²) in [6, 6.07) is 22.5. The zero-order valence-corrected chi connectivity index (χ0v) is 16.1. The van der Waals surface area contributed by atoms with Gasteiger partial charge in [0.15, 0.2) is 0 Å². The molecule has 0 aliphatic heterocycles. The number of nitro benzene ring substituents is 1. The topological polar surface area (TPSA) is 84.6 Å². The standard InChI is InChI=1S/C22H17N3O3S/c26-21(24-23-13-15-9-11-16(12-10-15)25(27)28)14-29-22-19-7-3-1-5-17(19)18-6-2-4-8-20(18)22/h1-13,22H,14H2,(H,24,26)/b23-13+. The van der Waals surface area contributed by atoms with Crippen LogP contribution >= 0.6 is 11.8 Å². The van der Waals surface area contributed by atoms with Crippen LogP contribution in [0.15, 0.2) is 77.9 Å². The Balaban J connectivity index is 1.37. The normalized spacial score (nSPS) is 12.6. The predicted molar refractivity (Wildman–Crippen MR) is 115 cm³/mol. The van der Waals surface area contributed by atoms with Crippen molar-refractivity contribution in [1.29, 1.82) is 0 Å². The number of carbonyl (C=O) groups is 1. The van der Waals surface area contributed by atoms with Crippen molar-refractivity contribution in [2.75, 3.05) is 5.75 Å². The van der Waals surface area contributed by atoms with Gasteiger partial charge in [-0.15, -0.1) is 11.8 Å². The van der Waals surface area contributed by atoms with Gasteiger partial charge >= 0.3 is 0 Å². The van der Waals surface area contributed by atoms with Crippen LogP contribution in [0.25, 0.3) is 11.1 Å². The molecule has 29 heavy (non-hydrogen) atoms. The highest BCUT2D eigenvalue weighted by Gasteiger charge is 2.28. The lowest BCUT2D eigenvalue weighted by Crippen LogP contribution is -2.20. The number of hydrogen-bond donors (Lipinski definition) is 1. The van der Waals surface area contributed by atoms with Crippen LogP contribution in [0, 0.1) is 10.1 Å². The van der Waals surface area contributed by atoms with E-state index in [0.717, 1.165) is 0 Å². The first-order valence-electron chi connectivity index (χ1n) is 8.99. The second-order valence-electron chi connectivity index (χ2n) is 6.51. The van der Waals surface area contributed by atoms with Crippen LogP contribution in [0.2, 0.25) is 0 Å². The number of carbonyl (C=O) groups excluding carboxylic acids is 1. The first kappa shape index (κ1) is 18.9. The Hall–Kier alpha value is -3.45.